The maximum Gasteiger partial charge on any atom is 0.309 e. The molecule has 0 saturated heterocycles. The first-order chi connectivity index (χ1) is 21.6. The summed E-state index contributed by atoms with van der Waals surface area (Å²) < 4.78 is 37.9. The lowest BCUT2D eigenvalue weighted by Crippen LogP contribution is -2.12. The molecule has 10 heteroatoms. The minimum Gasteiger partial charge on any atom is -0.493 e. The molecule has 0 aliphatic heterocycles. The Bertz CT molecular complexity index is 1870. The molecule has 45 heavy (non-hydrogen) atoms. The molecule has 9 nitrogen and oxygen atoms in total. The summed E-state index contributed by atoms with van der Waals surface area (Å²) in [5.74, 6) is -0.0283. The number of amides is 1. The van der Waals surface area contributed by atoms with Crippen LogP contribution in [0, 0.1) is 19.7 Å². The summed E-state index contributed by atoms with van der Waals surface area (Å²) in [7, 11) is 4.57. The van der Waals surface area contributed by atoms with E-state index in [9.17, 15) is 14.0 Å². The van der Waals surface area contributed by atoms with Crippen LogP contribution in [0.1, 0.15) is 28.4 Å². The number of anilines is 1. The fourth-order valence-electron chi connectivity index (χ4n) is 4.98. The molecule has 1 aromatic heterocycles. The number of rotatable bonds is 9. The Balaban J connectivity index is 1.71. The number of nitrogens with zero attached hydrogens (tertiary/aromatic N) is 2. The summed E-state index contributed by atoms with van der Waals surface area (Å²) in [6.45, 7) is 5.24. The molecule has 1 amide bonds. The minimum atomic E-state index is -0.530. The summed E-state index contributed by atoms with van der Waals surface area (Å²) in [6.07, 6.45) is 0. The second-order valence-electron chi connectivity index (χ2n) is 10.3. The monoisotopic (exact) mass is 609 g/mol. The molecule has 1 N–H and O–H groups in total. The highest BCUT2D eigenvalue weighted by molar-refractivity contribution is 6.04. The molecule has 0 aliphatic carbocycles. The number of carbonyl (C=O) groups is 2. The van der Waals surface area contributed by atoms with Crippen LogP contribution in [0.2, 0.25) is 0 Å². The molecule has 1 heterocycles. The van der Waals surface area contributed by atoms with E-state index < -0.39 is 17.7 Å². The number of methoxy groups -OCH3 is 3. The maximum absolute atomic E-state index is 13.7. The van der Waals surface area contributed by atoms with Crippen molar-refractivity contribution in [1.82, 2.24) is 9.78 Å². The topological polar surface area (TPSA) is 101 Å². The fourth-order valence-corrected chi connectivity index (χ4v) is 4.98. The number of aryl methyl sites for hydroxylation is 2. The summed E-state index contributed by atoms with van der Waals surface area (Å²) in [5, 5.41) is 7.78. The van der Waals surface area contributed by atoms with E-state index in [0.29, 0.717) is 45.3 Å². The lowest BCUT2D eigenvalue weighted by Gasteiger charge is -2.14. The van der Waals surface area contributed by atoms with Gasteiger partial charge in [0.15, 0.2) is 11.5 Å². The number of nitrogens with one attached hydrogen (secondary N) is 1. The van der Waals surface area contributed by atoms with Gasteiger partial charge in [0.25, 0.3) is 5.91 Å². The molecule has 0 bridgehead atoms. The Kier molecular flexibility index (Phi) is 8.85. The van der Waals surface area contributed by atoms with Gasteiger partial charge in [-0.15, -0.1) is 0 Å². The molecule has 0 fully saturated rings. The molecule has 0 saturated carbocycles. The third kappa shape index (κ3) is 6.35. The Morgan fingerprint density at radius 3 is 2.11 bits per heavy atom. The fraction of sp³-hybridized carbons (Fsp3) is 0.171. The van der Waals surface area contributed by atoms with E-state index in [0.717, 1.165) is 16.8 Å². The van der Waals surface area contributed by atoms with Gasteiger partial charge >= 0.3 is 5.97 Å². The van der Waals surface area contributed by atoms with E-state index >= 15 is 0 Å². The zero-order valence-corrected chi connectivity index (χ0v) is 25.7. The van der Waals surface area contributed by atoms with Crippen LogP contribution in [-0.2, 0) is 4.79 Å². The van der Waals surface area contributed by atoms with Crippen molar-refractivity contribution in [2.75, 3.05) is 26.6 Å². The molecule has 4 aromatic carbocycles. The van der Waals surface area contributed by atoms with Gasteiger partial charge in [0.05, 0.1) is 32.6 Å². The van der Waals surface area contributed by atoms with Gasteiger partial charge < -0.3 is 24.3 Å². The van der Waals surface area contributed by atoms with E-state index in [-0.39, 0.29) is 11.4 Å². The second-order valence-corrected chi connectivity index (χ2v) is 10.3. The third-order valence-electron chi connectivity index (χ3n) is 7.13. The Hall–Kier alpha value is -5.64. The highest BCUT2D eigenvalue weighted by Gasteiger charge is 2.27. The van der Waals surface area contributed by atoms with Gasteiger partial charge in [-0.2, -0.15) is 9.78 Å². The highest BCUT2D eigenvalue weighted by Crippen LogP contribution is 2.46. The van der Waals surface area contributed by atoms with Gasteiger partial charge in [0.1, 0.15) is 11.5 Å². The van der Waals surface area contributed by atoms with Gasteiger partial charge in [-0.25, -0.2) is 4.39 Å². The first kappa shape index (κ1) is 30.8. The molecule has 0 radical (unpaired) electrons. The number of esters is 1. The lowest BCUT2D eigenvalue weighted by molar-refractivity contribution is -0.132. The van der Waals surface area contributed by atoms with Gasteiger partial charge in [-0.3, -0.25) is 9.59 Å². The van der Waals surface area contributed by atoms with Crippen molar-refractivity contribution in [1.29, 1.82) is 0 Å². The summed E-state index contributed by atoms with van der Waals surface area (Å²) >= 11 is 0. The average Bonchev–Trinajstić information content (AvgIpc) is 3.39. The molecule has 5 aromatic rings. The van der Waals surface area contributed by atoms with Crippen molar-refractivity contribution < 1.29 is 32.9 Å². The van der Waals surface area contributed by atoms with Crippen molar-refractivity contribution in [3.05, 3.63) is 101 Å². The van der Waals surface area contributed by atoms with Gasteiger partial charge in [-0.1, -0.05) is 30.3 Å². The molecule has 0 unspecified atom stereocenters. The number of halogens is 1. The summed E-state index contributed by atoms with van der Waals surface area (Å²) in [4.78, 5) is 25.2. The first-order valence-electron chi connectivity index (χ1n) is 14.0. The predicted molar refractivity (Wildman–Crippen MR) is 169 cm³/mol. The number of benzene rings is 4. The van der Waals surface area contributed by atoms with E-state index in [1.54, 1.807) is 41.1 Å². The molecular formula is C35H32FN3O6. The third-order valence-corrected chi connectivity index (χ3v) is 7.13. The summed E-state index contributed by atoms with van der Waals surface area (Å²) in [6, 6.07) is 21.9. The molecule has 230 valence electrons. The van der Waals surface area contributed by atoms with E-state index in [2.05, 4.69) is 5.32 Å². The van der Waals surface area contributed by atoms with Crippen molar-refractivity contribution in [3.8, 4) is 51.2 Å². The van der Waals surface area contributed by atoms with Gasteiger partial charge in [-0.05, 0) is 79.1 Å². The van der Waals surface area contributed by atoms with Crippen LogP contribution >= 0.6 is 0 Å². The van der Waals surface area contributed by atoms with Crippen molar-refractivity contribution in [2.24, 2.45) is 0 Å². The largest absolute Gasteiger partial charge is 0.493 e. The quantitative estimate of drug-likeness (QED) is 0.177. The minimum absolute atomic E-state index is 0.190. The van der Waals surface area contributed by atoms with Crippen LogP contribution in [0.4, 0.5) is 10.1 Å². The van der Waals surface area contributed by atoms with Crippen LogP contribution in [0.5, 0.6) is 23.1 Å². The van der Waals surface area contributed by atoms with Crippen LogP contribution in [0.3, 0.4) is 0 Å². The predicted octanol–water partition coefficient (Wildman–Crippen LogP) is 7.17. The van der Waals surface area contributed by atoms with Crippen molar-refractivity contribution in [2.45, 2.75) is 20.8 Å². The van der Waals surface area contributed by atoms with Crippen molar-refractivity contribution in [3.63, 3.8) is 0 Å². The Labute approximate surface area is 260 Å². The molecular weight excluding hydrogens is 577 g/mol. The number of hydrogen-bond acceptors (Lipinski definition) is 7. The van der Waals surface area contributed by atoms with Crippen LogP contribution in [0.15, 0.2) is 78.9 Å². The number of ether oxygens (including phenoxy) is 4. The first-order valence-corrected chi connectivity index (χ1v) is 14.0. The van der Waals surface area contributed by atoms with E-state index in [4.69, 9.17) is 24.0 Å². The van der Waals surface area contributed by atoms with Crippen LogP contribution in [-0.4, -0.2) is 43.0 Å². The zero-order chi connectivity index (χ0) is 32.2. The summed E-state index contributed by atoms with van der Waals surface area (Å²) in [5.41, 5.74) is 5.56. The molecule has 5 rings (SSSR count). The van der Waals surface area contributed by atoms with Crippen molar-refractivity contribution >= 4 is 17.6 Å². The molecule has 0 spiro atoms. The van der Waals surface area contributed by atoms with Gasteiger partial charge in [0, 0.05) is 23.7 Å². The smallest absolute Gasteiger partial charge is 0.309 e. The second kappa shape index (κ2) is 12.9. The van der Waals surface area contributed by atoms with Crippen LogP contribution < -0.4 is 24.3 Å². The maximum atomic E-state index is 13.7. The van der Waals surface area contributed by atoms with Crippen LogP contribution in [0.25, 0.3) is 28.1 Å². The standard InChI is InChI=1S/C35H32FN3O6/c1-20-10-11-21(2)28(16-20)39-35(45-22(3)40)31(32(38-39)25-18-29(42-4)33(44-6)30(19-25)43-5)23-12-14-27(15-13-23)37-34(41)24-8-7-9-26(36)17-24/h7-19H,1-6H3,(H,37,41). The van der Waals surface area contributed by atoms with Gasteiger partial charge in [0.2, 0.25) is 11.6 Å². The Morgan fingerprint density at radius 2 is 1.51 bits per heavy atom. The van der Waals surface area contributed by atoms with E-state index in [1.807, 2.05) is 32.0 Å². The number of carbonyl (C=O) groups excluding carboxylic acids is 2. The zero-order valence-electron chi connectivity index (χ0n) is 25.7. The molecule has 0 aliphatic rings. The number of hydrogen-bond donors (Lipinski definition) is 1. The normalized spacial score (nSPS) is 10.7. The SMILES string of the molecule is COc1cc(-c2nn(-c3cc(C)ccc3C)c(OC(C)=O)c2-c2ccc(NC(=O)c3cccc(F)c3)cc2)cc(OC)c1OC. The Morgan fingerprint density at radius 1 is 0.822 bits per heavy atom. The lowest BCUT2D eigenvalue weighted by atomic mass is 10.00. The van der Waals surface area contributed by atoms with E-state index in [1.165, 1.54) is 52.5 Å². The highest BCUT2D eigenvalue weighted by atomic mass is 19.1. The number of aromatic nitrogens is 2. The average molecular weight is 610 g/mol. The molecule has 0 atom stereocenters.